The Kier molecular flexibility index (Phi) is 4.32. The molecule has 1 aliphatic heterocycles. The minimum Gasteiger partial charge on any atom is -0.277 e. The fourth-order valence-electron chi connectivity index (χ4n) is 3.47. The molecule has 2 aliphatic rings. The van der Waals surface area contributed by atoms with E-state index < -0.39 is 0 Å². The van der Waals surface area contributed by atoms with Crippen molar-refractivity contribution >= 4 is 11.8 Å². The highest BCUT2D eigenvalue weighted by atomic mass is 16.2. The van der Waals surface area contributed by atoms with Crippen LogP contribution in [0.1, 0.15) is 72.1 Å². The van der Waals surface area contributed by atoms with E-state index in [4.69, 9.17) is 0 Å². The Morgan fingerprint density at radius 1 is 0.842 bits per heavy atom. The molecule has 3 nitrogen and oxygen atoms in total. The summed E-state index contributed by atoms with van der Waals surface area (Å²) in [5.74, 6) is 0.323. The second-order valence-corrected chi connectivity index (χ2v) is 7.16. The van der Waals surface area contributed by atoms with Crippen LogP contribution in [-0.2, 0) is 9.59 Å². The summed E-state index contributed by atoms with van der Waals surface area (Å²) >= 11 is 0. The molecule has 1 aliphatic carbocycles. The van der Waals surface area contributed by atoms with Gasteiger partial charge in [0.25, 0.3) is 0 Å². The van der Waals surface area contributed by atoms with E-state index in [-0.39, 0.29) is 29.2 Å². The number of hydrogen-bond acceptors (Lipinski definition) is 2. The minimum atomic E-state index is -0.380. The number of hydrogen-bond donors (Lipinski definition) is 0. The molecule has 0 aromatic heterocycles. The summed E-state index contributed by atoms with van der Waals surface area (Å²) in [5.41, 5.74) is -0.380. The first-order valence-electron chi connectivity index (χ1n) is 7.79. The predicted octanol–water partition coefficient (Wildman–Crippen LogP) is 3.52. The molecule has 2 amide bonds. The molecule has 2 atom stereocenters. The molecule has 1 saturated heterocycles. The van der Waals surface area contributed by atoms with Crippen LogP contribution in [0.5, 0.6) is 0 Å². The molecule has 1 saturated carbocycles. The van der Waals surface area contributed by atoms with Gasteiger partial charge in [-0.15, -0.1) is 0 Å². The fourth-order valence-corrected chi connectivity index (χ4v) is 3.47. The summed E-state index contributed by atoms with van der Waals surface area (Å²) in [6.45, 7) is 5.90. The number of carbonyl (C=O) groups excluding carboxylic acids is 2. The van der Waals surface area contributed by atoms with Crippen LogP contribution in [0.4, 0.5) is 0 Å². The largest absolute Gasteiger partial charge is 0.277 e. The number of carbonyl (C=O) groups is 2. The van der Waals surface area contributed by atoms with Gasteiger partial charge in [0.1, 0.15) is 0 Å². The first-order chi connectivity index (χ1) is 8.91. The number of nitrogens with zero attached hydrogens (tertiary/aromatic N) is 1. The van der Waals surface area contributed by atoms with Gasteiger partial charge in [0.05, 0.1) is 0 Å². The van der Waals surface area contributed by atoms with Gasteiger partial charge in [-0.3, -0.25) is 14.5 Å². The van der Waals surface area contributed by atoms with Gasteiger partial charge >= 0.3 is 0 Å². The van der Waals surface area contributed by atoms with Gasteiger partial charge in [0.2, 0.25) is 11.8 Å². The van der Waals surface area contributed by atoms with Crippen LogP contribution >= 0.6 is 0 Å². The zero-order valence-electron chi connectivity index (χ0n) is 12.6. The van der Waals surface area contributed by atoms with E-state index in [9.17, 15) is 9.59 Å². The first-order valence-corrected chi connectivity index (χ1v) is 7.79. The second-order valence-electron chi connectivity index (χ2n) is 7.16. The third-order valence-electron chi connectivity index (χ3n) is 4.48. The molecule has 2 bridgehead atoms. The molecule has 0 aromatic carbocycles. The van der Waals surface area contributed by atoms with Crippen molar-refractivity contribution in [1.82, 2.24) is 4.90 Å². The number of rotatable bonds is 0. The number of fused-ring (bicyclic) bond motifs is 2. The van der Waals surface area contributed by atoms with Crippen molar-refractivity contribution in [3.63, 3.8) is 0 Å². The Morgan fingerprint density at radius 3 is 1.68 bits per heavy atom. The molecular weight excluding hydrogens is 238 g/mol. The van der Waals surface area contributed by atoms with E-state index in [1.54, 1.807) is 4.90 Å². The SMILES string of the molecule is CC(C)(C)N1C(=O)C2CCCCCCCC(C2)C1=O. The van der Waals surface area contributed by atoms with Crippen LogP contribution in [0.15, 0.2) is 0 Å². The Labute approximate surface area is 116 Å². The maximum absolute atomic E-state index is 12.6. The van der Waals surface area contributed by atoms with Crippen LogP contribution < -0.4 is 0 Å². The molecule has 108 valence electrons. The topological polar surface area (TPSA) is 37.4 Å². The van der Waals surface area contributed by atoms with Gasteiger partial charge in [-0.25, -0.2) is 0 Å². The zero-order valence-corrected chi connectivity index (χ0v) is 12.6. The highest BCUT2D eigenvalue weighted by molar-refractivity contribution is 6.00. The average Bonchev–Trinajstić information content (AvgIpc) is 2.32. The van der Waals surface area contributed by atoms with E-state index in [1.165, 1.54) is 19.3 Å². The summed E-state index contributed by atoms with van der Waals surface area (Å²) < 4.78 is 0. The predicted molar refractivity (Wildman–Crippen MR) is 75.5 cm³/mol. The molecular formula is C16H27NO2. The third kappa shape index (κ3) is 3.18. The van der Waals surface area contributed by atoms with E-state index in [2.05, 4.69) is 0 Å². The lowest BCUT2D eigenvalue weighted by atomic mass is 9.79. The van der Waals surface area contributed by atoms with Crippen molar-refractivity contribution in [2.75, 3.05) is 0 Å². The average molecular weight is 265 g/mol. The van der Waals surface area contributed by atoms with Gasteiger partial charge in [0, 0.05) is 17.4 Å². The van der Waals surface area contributed by atoms with Crippen molar-refractivity contribution in [3.8, 4) is 0 Å². The molecule has 2 unspecified atom stereocenters. The third-order valence-corrected chi connectivity index (χ3v) is 4.48. The second kappa shape index (κ2) is 5.64. The summed E-state index contributed by atoms with van der Waals surface area (Å²) in [7, 11) is 0. The van der Waals surface area contributed by atoms with E-state index in [0.29, 0.717) is 0 Å². The first kappa shape index (κ1) is 14.5. The van der Waals surface area contributed by atoms with Crippen molar-refractivity contribution in [1.29, 1.82) is 0 Å². The molecule has 0 spiro atoms. The maximum Gasteiger partial charge on any atom is 0.232 e. The molecule has 3 heteroatoms. The van der Waals surface area contributed by atoms with Gasteiger partial charge in [-0.05, 0) is 40.0 Å². The molecule has 0 aromatic rings. The van der Waals surface area contributed by atoms with Crippen LogP contribution in [0, 0.1) is 11.8 Å². The summed E-state index contributed by atoms with van der Waals surface area (Å²) in [4.78, 5) is 26.7. The van der Waals surface area contributed by atoms with Crippen molar-refractivity contribution in [3.05, 3.63) is 0 Å². The Hall–Kier alpha value is -0.860. The molecule has 2 fully saturated rings. The van der Waals surface area contributed by atoms with Crippen molar-refractivity contribution < 1.29 is 9.59 Å². The quantitative estimate of drug-likeness (QED) is 0.628. The Bertz CT molecular complexity index is 330. The van der Waals surface area contributed by atoms with Crippen LogP contribution in [0.3, 0.4) is 0 Å². The molecule has 19 heavy (non-hydrogen) atoms. The standard InChI is InChI=1S/C16H27NO2/c1-16(2,3)17-14(18)12-9-7-5-4-6-8-10-13(11-12)15(17)19/h12-13H,4-11H2,1-3H3. The number of amides is 2. The Balaban J connectivity index is 2.22. The minimum absolute atomic E-state index is 0.0781. The fraction of sp³-hybridized carbons (Fsp3) is 0.875. The highest BCUT2D eigenvalue weighted by Gasteiger charge is 2.44. The summed E-state index contributed by atoms with van der Waals surface area (Å²) in [6.07, 6.45) is 8.72. The molecule has 0 radical (unpaired) electrons. The van der Waals surface area contributed by atoms with Crippen LogP contribution in [0.2, 0.25) is 0 Å². The lowest BCUT2D eigenvalue weighted by Gasteiger charge is -2.43. The van der Waals surface area contributed by atoms with Gasteiger partial charge < -0.3 is 0 Å². The van der Waals surface area contributed by atoms with Gasteiger partial charge in [0.15, 0.2) is 0 Å². The van der Waals surface area contributed by atoms with E-state index in [0.717, 1.165) is 32.1 Å². The summed E-state index contributed by atoms with van der Waals surface area (Å²) in [5, 5.41) is 0. The molecule has 2 rings (SSSR count). The summed E-state index contributed by atoms with van der Waals surface area (Å²) in [6, 6.07) is 0. The zero-order chi connectivity index (χ0) is 14.0. The van der Waals surface area contributed by atoms with Gasteiger partial charge in [-0.2, -0.15) is 0 Å². The molecule has 0 N–H and O–H groups in total. The van der Waals surface area contributed by atoms with Crippen LogP contribution in [0.25, 0.3) is 0 Å². The lowest BCUT2D eigenvalue weighted by molar-refractivity contribution is -0.162. The Morgan fingerprint density at radius 2 is 1.26 bits per heavy atom. The lowest BCUT2D eigenvalue weighted by Crippen LogP contribution is -2.57. The maximum atomic E-state index is 12.6. The van der Waals surface area contributed by atoms with Gasteiger partial charge in [-0.1, -0.05) is 32.1 Å². The van der Waals surface area contributed by atoms with Crippen molar-refractivity contribution in [2.24, 2.45) is 11.8 Å². The molecule has 1 heterocycles. The van der Waals surface area contributed by atoms with Crippen molar-refractivity contribution in [2.45, 2.75) is 77.7 Å². The monoisotopic (exact) mass is 265 g/mol. The normalized spacial score (nSPS) is 30.4. The highest BCUT2D eigenvalue weighted by Crippen LogP contribution is 2.35. The van der Waals surface area contributed by atoms with E-state index >= 15 is 0 Å². The van der Waals surface area contributed by atoms with Crippen LogP contribution in [-0.4, -0.2) is 22.3 Å². The number of piperidine rings is 1. The van der Waals surface area contributed by atoms with E-state index in [1.807, 2.05) is 20.8 Å². The smallest absolute Gasteiger partial charge is 0.232 e. The number of imide groups is 1. The number of likely N-dealkylation sites (tertiary alicyclic amines) is 1.